The molecule has 1 atom stereocenters. The first kappa shape index (κ1) is 17.7. The van der Waals surface area contributed by atoms with Crippen LogP contribution < -0.4 is 5.32 Å². The molecule has 1 unspecified atom stereocenters. The summed E-state index contributed by atoms with van der Waals surface area (Å²) in [4.78, 5) is 17.3. The van der Waals surface area contributed by atoms with Crippen LogP contribution >= 0.6 is 22.9 Å². The van der Waals surface area contributed by atoms with Gasteiger partial charge in [-0.3, -0.25) is 9.48 Å². The Labute approximate surface area is 139 Å². The molecule has 126 valence electrons. The highest BCUT2D eigenvalue weighted by Crippen LogP contribution is 2.36. The molecule has 23 heavy (non-hydrogen) atoms. The highest BCUT2D eigenvalue weighted by molar-refractivity contribution is 7.15. The molecule has 0 fully saturated rings. The highest BCUT2D eigenvalue weighted by atomic mass is 35.5. The number of aryl methyl sites for hydroxylation is 2. The molecule has 2 aromatic rings. The summed E-state index contributed by atoms with van der Waals surface area (Å²) in [6.45, 7) is 6.49. The maximum atomic E-state index is 12.8. The van der Waals surface area contributed by atoms with Crippen molar-refractivity contribution in [2.75, 3.05) is 5.32 Å². The fourth-order valence-corrected chi connectivity index (χ4v) is 2.95. The number of aromatic nitrogens is 3. The molecule has 0 saturated heterocycles. The Morgan fingerprint density at radius 3 is 2.39 bits per heavy atom. The number of rotatable bonds is 3. The summed E-state index contributed by atoms with van der Waals surface area (Å²) in [5.41, 5.74) is -0.332. The number of nitrogens with zero attached hydrogens (tertiary/aromatic N) is 3. The van der Waals surface area contributed by atoms with Crippen molar-refractivity contribution in [3.63, 3.8) is 0 Å². The molecule has 5 nitrogen and oxygen atoms in total. The van der Waals surface area contributed by atoms with E-state index in [4.69, 9.17) is 11.6 Å². The molecule has 1 amide bonds. The number of halogens is 4. The van der Waals surface area contributed by atoms with Crippen molar-refractivity contribution in [3.05, 3.63) is 27.0 Å². The fraction of sp³-hybridized carbons (Fsp3) is 0.462. The first-order chi connectivity index (χ1) is 10.5. The Kier molecular flexibility index (Phi) is 4.72. The summed E-state index contributed by atoms with van der Waals surface area (Å²) >= 11 is 6.98. The molecule has 0 aliphatic rings. The fourth-order valence-electron chi connectivity index (χ4n) is 1.90. The maximum Gasteiger partial charge on any atom is 0.436 e. The number of alkyl halides is 3. The second-order valence-electron chi connectivity index (χ2n) is 5.02. The Hall–Kier alpha value is -1.61. The minimum Gasteiger partial charge on any atom is -0.300 e. The molecule has 0 aromatic carbocycles. The molecule has 1 N–H and O–H groups in total. The number of thiazole rings is 1. The smallest absolute Gasteiger partial charge is 0.300 e. The summed E-state index contributed by atoms with van der Waals surface area (Å²) in [5, 5.41) is 5.92. The molecule has 0 spiro atoms. The second kappa shape index (κ2) is 6.12. The predicted molar refractivity (Wildman–Crippen MR) is 81.9 cm³/mol. The van der Waals surface area contributed by atoms with E-state index < -0.39 is 28.8 Å². The number of carbonyl (C=O) groups excluding carboxylic acids is 1. The van der Waals surface area contributed by atoms with Gasteiger partial charge in [0.1, 0.15) is 6.04 Å². The van der Waals surface area contributed by atoms with Crippen LogP contribution in [0.15, 0.2) is 0 Å². The van der Waals surface area contributed by atoms with Crippen LogP contribution in [0.2, 0.25) is 5.02 Å². The molecule has 0 radical (unpaired) electrons. The molecule has 10 heteroatoms. The van der Waals surface area contributed by atoms with Crippen molar-refractivity contribution in [1.82, 2.24) is 14.8 Å². The van der Waals surface area contributed by atoms with E-state index in [0.717, 1.165) is 15.3 Å². The van der Waals surface area contributed by atoms with Crippen LogP contribution in [0.4, 0.5) is 18.3 Å². The minimum atomic E-state index is -4.67. The van der Waals surface area contributed by atoms with E-state index in [0.29, 0.717) is 5.13 Å². The molecule has 0 aliphatic heterocycles. The van der Waals surface area contributed by atoms with Gasteiger partial charge >= 0.3 is 6.18 Å². The van der Waals surface area contributed by atoms with Gasteiger partial charge in [-0.1, -0.05) is 11.6 Å². The van der Waals surface area contributed by atoms with E-state index in [-0.39, 0.29) is 5.69 Å². The zero-order chi connectivity index (χ0) is 17.5. The van der Waals surface area contributed by atoms with Gasteiger partial charge < -0.3 is 5.32 Å². The first-order valence-corrected chi connectivity index (χ1v) is 7.78. The lowest BCUT2D eigenvalue weighted by molar-refractivity contribution is -0.141. The molecule has 2 heterocycles. The van der Waals surface area contributed by atoms with E-state index in [9.17, 15) is 18.0 Å². The number of carbonyl (C=O) groups is 1. The van der Waals surface area contributed by atoms with Gasteiger partial charge in [0.15, 0.2) is 10.8 Å². The van der Waals surface area contributed by atoms with E-state index in [1.54, 1.807) is 6.92 Å². The van der Waals surface area contributed by atoms with Gasteiger partial charge in [0, 0.05) is 4.88 Å². The Balaban J connectivity index is 2.26. The number of anilines is 1. The quantitative estimate of drug-likeness (QED) is 0.888. The lowest BCUT2D eigenvalue weighted by atomic mass is 10.3. The number of hydrogen-bond acceptors (Lipinski definition) is 4. The van der Waals surface area contributed by atoms with E-state index in [1.807, 2.05) is 6.92 Å². The molecule has 0 aliphatic carbocycles. The number of hydrogen-bond donors (Lipinski definition) is 1. The zero-order valence-electron chi connectivity index (χ0n) is 12.7. The zero-order valence-corrected chi connectivity index (χ0v) is 14.3. The van der Waals surface area contributed by atoms with Crippen LogP contribution in [0, 0.1) is 20.8 Å². The lowest BCUT2D eigenvalue weighted by Gasteiger charge is -2.13. The maximum absolute atomic E-state index is 12.8. The van der Waals surface area contributed by atoms with Gasteiger partial charge in [0.2, 0.25) is 0 Å². The summed E-state index contributed by atoms with van der Waals surface area (Å²) < 4.78 is 39.5. The van der Waals surface area contributed by atoms with E-state index in [1.165, 1.54) is 25.2 Å². The van der Waals surface area contributed by atoms with Gasteiger partial charge in [-0.2, -0.15) is 18.3 Å². The molecular formula is C13H14ClF3N4OS. The normalized spacial score (nSPS) is 13.2. The van der Waals surface area contributed by atoms with Crippen LogP contribution in [-0.2, 0) is 11.0 Å². The van der Waals surface area contributed by atoms with Gasteiger partial charge in [-0.25, -0.2) is 4.98 Å². The summed E-state index contributed by atoms with van der Waals surface area (Å²) in [7, 11) is 0. The van der Waals surface area contributed by atoms with Crippen molar-refractivity contribution in [3.8, 4) is 0 Å². The SMILES string of the molecule is Cc1nc(NC(=O)C(C)n2nc(C(F)(F)F)c(Cl)c2C)sc1C. The third-order valence-corrected chi connectivity index (χ3v) is 4.79. The van der Waals surface area contributed by atoms with Gasteiger partial charge in [-0.15, -0.1) is 11.3 Å². The third-order valence-electron chi connectivity index (χ3n) is 3.35. The van der Waals surface area contributed by atoms with Crippen molar-refractivity contribution in [1.29, 1.82) is 0 Å². The van der Waals surface area contributed by atoms with Crippen molar-refractivity contribution < 1.29 is 18.0 Å². The topological polar surface area (TPSA) is 59.8 Å². The average molecular weight is 367 g/mol. The number of amides is 1. The Morgan fingerprint density at radius 1 is 1.35 bits per heavy atom. The van der Waals surface area contributed by atoms with E-state index in [2.05, 4.69) is 15.4 Å². The van der Waals surface area contributed by atoms with Crippen LogP contribution in [0.5, 0.6) is 0 Å². The minimum absolute atomic E-state index is 0.0770. The average Bonchev–Trinajstić information content (AvgIpc) is 2.90. The largest absolute Gasteiger partial charge is 0.436 e. The third kappa shape index (κ3) is 3.50. The van der Waals surface area contributed by atoms with Crippen molar-refractivity contribution in [2.45, 2.75) is 39.9 Å². The molecule has 0 saturated carbocycles. The van der Waals surface area contributed by atoms with Crippen LogP contribution in [0.25, 0.3) is 0 Å². The van der Waals surface area contributed by atoms with Gasteiger partial charge in [-0.05, 0) is 27.7 Å². The molecular weight excluding hydrogens is 353 g/mol. The Morgan fingerprint density at radius 2 is 1.96 bits per heavy atom. The van der Waals surface area contributed by atoms with Crippen LogP contribution in [0.3, 0.4) is 0 Å². The summed E-state index contributed by atoms with van der Waals surface area (Å²) in [6.07, 6.45) is -4.67. The summed E-state index contributed by atoms with van der Waals surface area (Å²) in [6, 6.07) is -0.965. The summed E-state index contributed by atoms with van der Waals surface area (Å²) in [5.74, 6) is -0.519. The molecule has 2 rings (SSSR count). The molecule has 2 aromatic heterocycles. The monoisotopic (exact) mass is 366 g/mol. The van der Waals surface area contributed by atoms with Crippen LogP contribution in [0.1, 0.15) is 34.9 Å². The van der Waals surface area contributed by atoms with Crippen LogP contribution in [-0.4, -0.2) is 20.7 Å². The first-order valence-electron chi connectivity index (χ1n) is 6.59. The molecule has 0 bridgehead atoms. The standard InChI is InChI=1S/C13H14ClF3N4OS/c1-5-8(4)23-12(18-5)19-11(22)7(3)21-6(2)9(14)10(20-21)13(15,16)17/h7H,1-4H3,(H,18,19,22). The lowest BCUT2D eigenvalue weighted by Crippen LogP contribution is -2.25. The van der Waals surface area contributed by atoms with Crippen molar-refractivity contribution in [2.24, 2.45) is 0 Å². The Bertz CT molecular complexity index is 734. The second-order valence-corrected chi connectivity index (χ2v) is 6.60. The number of nitrogens with one attached hydrogen (secondary N) is 1. The van der Waals surface area contributed by atoms with Gasteiger partial charge in [0.05, 0.1) is 16.4 Å². The van der Waals surface area contributed by atoms with E-state index >= 15 is 0 Å². The van der Waals surface area contributed by atoms with Crippen molar-refractivity contribution >= 4 is 34.0 Å². The van der Waals surface area contributed by atoms with Gasteiger partial charge in [0.25, 0.3) is 5.91 Å². The highest BCUT2D eigenvalue weighted by Gasteiger charge is 2.39. The predicted octanol–water partition coefficient (Wildman–Crippen LogP) is 4.14.